The van der Waals surface area contributed by atoms with Crippen LogP contribution in [-0.2, 0) is 14.4 Å². The molecule has 170 valence electrons. The monoisotopic (exact) mass is 412 g/mol. The van der Waals surface area contributed by atoms with Gasteiger partial charge in [-0.25, -0.2) is 4.79 Å². The number of carbonyl (C=O) groups is 3. The molecular weight excluding hydrogens is 368 g/mol. The van der Waals surface area contributed by atoms with Gasteiger partial charge >= 0.3 is 5.97 Å². The molecule has 0 bridgehead atoms. The zero-order valence-corrected chi connectivity index (χ0v) is 19.3. The van der Waals surface area contributed by atoms with Crippen molar-refractivity contribution in [1.82, 2.24) is 10.6 Å². The third-order valence-electron chi connectivity index (χ3n) is 4.94. The highest BCUT2D eigenvalue weighted by atomic mass is 16.4. The summed E-state index contributed by atoms with van der Waals surface area (Å²) in [5.41, 5.74) is 0. The Morgan fingerprint density at radius 3 is 1.69 bits per heavy atom. The first-order chi connectivity index (χ1) is 13.7. The molecule has 0 fully saturated rings. The molecule has 0 aromatic carbocycles. The van der Waals surface area contributed by atoms with Gasteiger partial charge in [-0.05, 0) is 31.1 Å². The normalized spacial score (nSPS) is 13.3. The van der Waals surface area contributed by atoms with Gasteiger partial charge in [-0.3, -0.25) is 9.59 Å². The Morgan fingerprint density at radius 2 is 1.21 bits per heavy atom. The molecular formula is C23H44N2O4. The number of carboxylic acid groups (broad SMARTS) is 1. The van der Waals surface area contributed by atoms with Crippen LogP contribution in [0.25, 0.3) is 0 Å². The molecule has 0 aromatic rings. The number of rotatable bonds is 17. The van der Waals surface area contributed by atoms with Gasteiger partial charge in [0.1, 0.15) is 12.1 Å². The standard InChI is InChI=1S/C23H44N2O4/c1-6-7-8-9-10-11-12-13-14-21(26)24-19(15-17(2)3)22(27)25-20(23(28)29)16-18(4)5/h17-20H,6-16H2,1-5H3,(H,24,26)(H,25,27)(H,28,29)/t19-,20+/m0/s1. The van der Waals surface area contributed by atoms with Gasteiger partial charge in [0.25, 0.3) is 0 Å². The van der Waals surface area contributed by atoms with Gasteiger partial charge < -0.3 is 15.7 Å². The molecule has 6 heteroatoms. The number of hydrogen-bond acceptors (Lipinski definition) is 3. The highest BCUT2D eigenvalue weighted by Gasteiger charge is 2.27. The molecule has 2 atom stereocenters. The predicted molar refractivity (Wildman–Crippen MR) is 118 cm³/mol. The van der Waals surface area contributed by atoms with Gasteiger partial charge in [-0.15, -0.1) is 0 Å². The lowest BCUT2D eigenvalue weighted by Crippen LogP contribution is -2.52. The van der Waals surface area contributed by atoms with E-state index >= 15 is 0 Å². The van der Waals surface area contributed by atoms with Crippen molar-refractivity contribution in [2.24, 2.45) is 11.8 Å². The molecule has 0 aliphatic carbocycles. The van der Waals surface area contributed by atoms with E-state index in [0.29, 0.717) is 19.3 Å². The molecule has 0 saturated carbocycles. The second kappa shape index (κ2) is 16.2. The van der Waals surface area contributed by atoms with Crippen LogP contribution in [-0.4, -0.2) is 35.0 Å². The van der Waals surface area contributed by atoms with Crippen LogP contribution >= 0.6 is 0 Å². The van der Waals surface area contributed by atoms with E-state index in [0.717, 1.165) is 19.3 Å². The van der Waals surface area contributed by atoms with E-state index in [1.165, 1.54) is 32.1 Å². The number of aliphatic carboxylic acids is 1. The average Bonchev–Trinajstić information content (AvgIpc) is 2.61. The van der Waals surface area contributed by atoms with Crippen LogP contribution in [0.4, 0.5) is 0 Å². The zero-order chi connectivity index (χ0) is 22.2. The van der Waals surface area contributed by atoms with Crippen LogP contribution in [0.1, 0.15) is 105 Å². The van der Waals surface area contributed by atoms with Crippen molar-refractivity contribution in [3.63, 3.8) is 0 Å². The summed E-state index contributed by atoms with van der Waals surface area (Å²) in [6, 6.07) is -1.62. The number of carbonyl (C=O) groups excluding carboxylic acids is 2. The third-order valence-corrected chi connectivity index (χ3v) is 4.94. The van der Waals surface area contributed by atoms with Crippen LogP contribution in [0.15, 0.2) is 0 Å². The molecule has 6 nitrogen and oxygen atoms in total. The smallest absolute Gasteiger partial charge is 0.326 e. The Hall–Kier alpha value is -1.59. The molecule has 0 radical (unpaired) electrons. The highest BCUT2D eigenvalue weighted by molar-refractivity contribution is 5.90. The highest BCUT2D eigenvalue weighted by Crippen LogP contribution is 2.11. The number of unbranched alkanes of at least 4 members (excludes halogenated alkanes) is 7. The van der Waals surface area contributed by atoms with Crippen molar-refractivity contribution in [3.8, 4) is 0 Å². The van der Waals surface area contributed by atoms with Gasteiger partial charge in [0, 0.05) is 6.42 Å². The van der Waals surface area contributed by atoms with Crippen molar-refractivity contribution in [3.05, 3.63) is 0 Å². The minimum absolute atomic E-state index is 0.132. The maximum absolute atomic E-state index is 12.6. The molecule has 2 amide bonds. The van der Waals surface area contributed by atoms with Gasteiger partial charge in [0.2, 0.25) is 11.8 Å². The van der Waals surface area contributed by atoms with Gasteiger partial charge in [0.05, 0.1) is 0 Å². The van der Waals surface area contributed by atoms with Crippen molar-refractivity contribution in [2.75, 3.05) is 0 Å². The molecule has 0 saturated heterocycles. The first kappa shape index (κ1) is 27.4. The summed E-state index contributed by atoms with van der Waals surface area (Å²) in [6.45, 7) is 10.00. The summed E-state index contributed by atoms with van der Waals surface area (Å²) in [7, 11) is 0. The predicted octanol–water partition coefficient (Wildman–Crippen LogP) is 4.66. The Kier molecular flexibility index (Phi) is 15.3. The minimum Gasteiger partial charge on any atom is -0.480 e. The molecule has 0 aromatic heterocycles. The SMILES string of the molecule is CCCCCCCCCCC(=O)N[C@@H](CC(C)C)C(=O)N[C@H](CC(C)C)C(=O)O. The number of nitrogens with one attached hydrogen (secondary N) is 2. The third kappa shape index (κ3) is 15.0. The molecule has 3 N–H and O–H groups in total. The second-order valence-electron chi connectivity index (χ2n) is 9.00. The van der Waals surface area contributed by atoms with Gasteiger partial charge in [-0.2, -0.15) is 0 Å². The molecule has 0 aliphatic heterocycles. The van der Waals surface area contributed by atoms with E-state index in [1.807, 2.05) is 27.7 Å². The van der Waals surface area contributed by atoms with E-state index in [2.05, 4.69) is 17.6 Å². The first-order valence-corrected chi connectivity index (χ1v) is 11.5. The lowest BCUT2D eigenvalue weighted by molar-refractivity contribution is -0.142. The summed E-state index contributed by atoms with van der Waals surface area (Å²) in [5.74, 6) is -1.22. The van der Waals surface area contributed by atoms with Crippen LogP contribution in [0.3, 0.4) is 0 Å². The minimum atomic E-state index is -1.04. The Labute approximate surface area is 177 Å². The fraction of sp³-hybridized carbons (Fsp3) is 0.870. The molecule has 0 spiro atoms. The lowest BCUT2D eigenvalue weighted by atomic mass is 10.0. The fourth-order valence-electron chi connectivity index (χ4n) is 3.35. The summed E-state index contributed by atoms with van der Waals surface area (Å²) >= 11 is 0. The van der Waals surface area contributed by atoms with Crippen LogP contribution < -0.4 is 10.6 Å². The number of carboxylic acids is 1. The van der Waals surface area contributed by atoms with Crippen molar-refractivity contribution >= 4 is 17.8 Å². The van der Waals surface area contributed by atoms with Gasteiger partial charge in [-0.1, -0.05) is 79.6 Å². The molecule has 0 heterocycles. The molecule has 0 unspecified atom stereocenters. The number of hydrogen-bond donors (Lipinski definition) is 3. The zero-order valence-electron chi connectivity index (χ0n) is 19.3. The van der Waals surface area contributed by atoms with E-state index in [9.17, 15) is 19.5 Å². The molecule has 0 rings (SSSR count). The largest absolute Gasteiger partial charge is 0.480 e. The topological polar surface area (TPSA) is 95.5 Å². The molecule has 0 aliphatic rings. The maximum atomic E-state index is 12.6. The van der Waals surface area contributed by atoms with Crippen LogP contribution in [0.2, 0.25) is 0 Å². The summed E-state index contributed by atoms with van der Waals surface area (Å²) < 4.78 is 0. The summed E-state index contributed by atoms with van der Waals surface area (Å²) in [6.07, 6.45) is 10.5. The van der Waals surface area contributed by atoms with Crippen molar-refractivity contribution in [2.45, 2.75) is 117 Å². The van der Waals surface area contributed by atoms with Crippen molar-refractivity contribution < 1.29 is 19.5 Å². The molecule has 29 heavy (non-hydrogen) atoms. The lowest BCUT2D eigenvalue weighted by Gasteiger charge is -2.23. The Morgan fingerprint density at radius 1 is 0.724 bits per heavy atom. The first-order valence-electron chi connectivity index (χ1n) is 11.5. The quantitative estimate of drug-likeness (QED) is 0.303. The maximum Gasteiger partial charge on any atom is 0.326 e. The van der Waals surface area contributed by atoms with Crippen molar-refractivity contribution in [1.29, 1.82) is 0 Å². The Balaban J connectivity index is 4.45. The second-order valence-corrected chi connectivity index (χ2v) is 9.00. The van der Waals surface area contributed by atoms with E-state index < -0.39 is 24.0 Å². The van der Waals surface area contributed by atoms with E-state index in [1.54, 1.807) is 0 Å². The average molecular weight is 413 g/mol. The summed E-state index contributed by atoms with van der Waals surface area (Å²) in [5, 5.41) is 14.8. The number of amides is 2. The summed E-state index contributed by atoms with van der Waals surface area (Å²) in [4.78, 5) is 36.3. The van der Waals surface area contributed by atoms with E-state index in [4.69, 9.17) is 0 Å². The Bertz CT molecular complexity index is 477. The van der Waals surface area contributed by atoms with E-state index in [-0.39, 0.29) is 17.7 Å². The fourth-order valence-corrected chi connectivity index (χ4v) is 3.35. The van der Waals surface area contributed by atoms with Crippen LogP contribution in [0, 0.1) is 11.8 Å². The van der Waals surface area contributed by atoms with Crippen LogP contribution in [0.5, 0.6) is 0 Å². The van der Waals surface area contributed by atoms with Gasteiger partial charge in [0.15, 0.2) is 0 Å².